The monoisotopic (exact) mass is 479 g/mol. The molecule has 3 atom stereocenters. The number of para-hydroxylation sites is 2. The maximum atomic E-state index is 13.1. The second kappa shape index (κ2) is 10.4. The molecule has 0 spiro atoms. The standard InChI is InChI=1S/C26H29N3O6/c1-2-32-26-17(6-5-11-30)18(16-9-10-21-22(12-16)34-15-33-21)13-23(35-26)25(31)27-14-24-28-19-7-3-4-8-20(19)29-24/h3-4,7-10,12-13,17-18,26,30H,2,5-6,11,14-15H2,1H3,(H,27,31)(H,28,29)/t17-,18-,26-/m1/s1. The number of nitrogens with one attached hydrogen (secondary N) is 2. The maximum Gasteiger partial charge on any atom is 0.286 e. The Morgan fingerprint density at radius 3 is 2.91 bits per heavy atom. The van der Waals surface area contributed by atoms with E-state index in [1.807, 2.05) is 55.5 Å². The first-order valence-corrected chi connectivity index (χ1v) is 11.9. The van der Waals surface area contributed by atoms with E-state index in [1.165, 1.54) is 0 Å². The van der Waals surface area contributed by atoms with E-state index in [0.29, 0.717) is 36.8 Å². The SMILES string of the molecule is CCO[C@@H]1OC(C(=O)NCc2nc3ccccc3[nH]2)=C[C@H](c2ccc3c(c2)OCO3)[C@H]1CCCO. The van der Waals surface area contributed by atoms with E-state index in [1.54, 1.807) is 0 Å². The van der Waals surface area contributed by atoms with E-state index in [-0.39, 0.29) is 43.4 Å². The molecule has 0 saturated carbocycles. The molecule has 3 aromatic rings. The number of ether oxygens (including phenoxy) is 4. The van der Waals surface area contributed by atoms with Crippen molar-refractivity contribution in [2.45, 2.75) is 38.5 Å². The highest BCUT2D eigenvalue weighted by Gasteiger charge is 2.38. The third-order valence-electron chi connectivity index (χ3n) is 6.27. The first-order chi connectivity index (χ1) is 17.2. The number of rotatable bonds is 9. The molecule has 0 unspecified atom stereocenters. The Balaban J connectivity index is 1.40. The Hall–Kier alpha value is -3.56. The molecule has 35 heavy (non-hydrogen) atoms. The quantitative estimate of drug-likeness (QED) is 0.431. The van der Waals surface area contributed by atoms with E-state index in [2.05, 4.69) is 15.3 Å². The van der Waals surface area contributed by atoms with Gasteiger partial charge in [0, 0.05) is 25.0 Å². The zero-order chi connectivity index (χ0) is 24.2. The van der Waals surface area contributed by atoms with Gasteiger partial charge in [0.2, 0.25) is 13.1 Å². The molecule has 184 valence electrons. The van der Waals surface area contributed by atoms with Gasteiger partial charge in [0.15, 0.2) is 17.3 Å². The Bertz CT molecular complexity index is 1190. The van der Waals surface area contributed by atoms with Crippen LogP contribution in [-0.4, -0.2) is 47.3 Å². The van der Waals surface area contributed by atoms with Crippen LogP contribution in [0.25, 0.3) is 11.0 Å². The summed E-state index contributed by atoms with van der Waals surface area (Å²) < 4.78 is 23.0. The number of fused-ring (bicyclic) bond motifs is 2. The number of allylic oxidation sites excluding steroid dienone is 1. The number of H-pyrrole nitrogens is 1. The minimum atomic E-state index is -0.626. The number of nitrogens with zero attached hydrogens (tertiary/aromatic N) is 1. The molecule has 2 aromatic carbocycles. The van der Waals surface area contributed by atoms with Crippen LogP contribution >= 0.6 is 0 Å². The highest BCUT2D eigenvalue weighted by Crippen LogP contribution is 2.42. The number of benzene rings is 2. The number of carbonyl (C=O) groups excluding carboxylic acids is 1. The van der Waals surface area contributed by atoms with Crippen LogP contribution in [-0.2, 0) is 20.8 Å². The number of hydrogen-bond acceptors (Lipinski definition) is 7. The van der Waals surface area contributed by atoms with E-state index in [0.717, 1.165) is 16.6 Å². The number of carbonyl (C=O) groups is 1. The normalized spacial score (nSPS) is 21.0. The van der Waals surface area contributed by atoms with E-state index < -0.39 is 6.29 Å². The molecule has 5 rings (SSSR count). The number of aromatic amines is 1. The number of aliphatic hydroxyl groups is 1. The lowest BCUT2D eigenvalue weighted by atomic mass is 9.80. The van der Waals surface area contributed by atoms with Crippen molar-refractivity contribution in [2.75, 3.05) is 20.0 Å². The number of imidazole rings is 1. The zero-order valence-electron chi connectivity index (χ0n) is 19.5. The topological polar surface area (TPSA) is 115 Å². The summed E-state index contributed by atoms with van der Waals surface area (Å²) in [4.78, 5) is 20.9. The van der Waals surface area contributed by atoms with Crippen molar-refractivity contribution in [1.29, 1.82) is 0 Å². The number of aromatic nitrogens is 2. The molecule has 0 bridgehead atoms. The Morgan fingerprint density at radius 1 is 1.23 bits per heavy atom. The molecular formula is C26H29N3O6. The van der Waals surface area contributed by atoms with E-state index >= 15 is 0 Å². The Morgan fingerprint density at radius 2 is 2.09 bits per heavy atom. The van der Waals surface area contributed by atoms with Gasteiger partial charge in [-0.2, -0.15) is 0 Å². The van der Waals surface area contributed by atoms with Gasteiger partial charge in [-0.3, -0.25) is 4.79 Å². The average molecular weight is 480 g/mol. The van der Waals surface area contributed by atoms with Gasteiger partial charge >= 0.3 is 0 Å². The van der Waals surface area contributed by atoms with Crippen molar-refractivity contribution in [1.82, 2.24) is 15.3 Å². The van der Waals surface area contributed by atoms with Crippen LogP contribution in [0.15, 0.2) is 54.3 Å². The van der Waals surface area contributed by atoms with Crippen molar-refractivity contribution in [2.24, 2.45) is 5.92 Å². The highest BCUT2D eigenvalue weighted by atomic mass is 16.7. The summed E-state index contributed by atoms with van der Waals surface area (Å²) >= 11 is 0. The third kappa shape index (κ3) is 4.96. The molecule has 9 nitrogen and oxygen atoms in total. The van der Waals surface area contributed by atoms with E-state index in [4.69, 9.17) is 18.9 Å². The number of aliphatic hydroxyl groups excluding tert-OH is 1. The summed E-state index contributed by atoms with van der Waals surface area (Å²) in [5.74, 6) is 1.62. The molecule has 1 amide bonds. The average Bonchev–Trinajstić information content (AvgIpc) is 3.52. The van der Waals surface area contributed by atoms with Crippen molar-refractivity contribution in [3.63, 3.8) is 0 Å². The Kier molecular flexibility index (Phi) is 6.87. The van der Waals surface area contributed by atoms with Gasteiger partial charge in [-0.15, -0.1) is 0 Å². The minimum Gasteiger partial charge on any atom is -0.459 e. The lowest BCUT2D eigenvalue weighted by molar-refractivity contribution is -0.166. The summed E-state index contributed by atoms with van der Waals surface area (Å²) in [6, 6.07) is 13.5. The first-order valence-electron chi connectivity index (χ1n) is 11.9. The van der Waals surface area contributed by atoms with Gasteiger partial charge in [0.05, 0.1) is 17.6 Å². The van der Waals surface area contributed by atoms with Crippen molar-refractivity contribution in [3.05, 3.63) is 65.7 Å². The lowest BCUT2D eigenvalue weighted by Crippen LogP contribution is -2.39. The second-order valence-corrected chi connectivity index (χ2v) is 8.52. The Labute approximate surface area is 203 Å². The van der Waals surface area contributed by atoms with Gasteiger partial charge in [0.25, 0.3) is 5.91 Å². The van der Waals surface area contributed by atoms with Gasteiger partial charge in [-0.05, 0) is 55.7 Å². The number of hydrogen-bond donors (Lipinski definition) is 3. The van der Waals surface area contributed by atoms with Crippen molar-refractivity contribution < 1.29 is 28.8 Å². The van der Waals surface area contributed by atoms with Crippen LogP contribution in [0.2, 0.25) is 0 Å². The van der Waals surface area contributed by atoms with E-state index in [9.17, 15) is 9.90 Å². The minimum absolute atomic E-state index is 0.0672. The summed E-state index contributed by atoms with van der Waals surface area (Å²) in [6.45, 7) is 2.81. The molecule has 0 saturated heterocycles. The molecule has 1 aromatic heterocycles. The summed E-state index contributed by atoms with van der Waals surface area (Å²) in [7, 11) is 0. The van der Waals surface area contributed by atoms with Crippen LogP contribution < -0.4 is 14.8 Å². The van der Waals surface area contributed by atoms with Crippen LogP contribution in [0.3, 0.4) is 0 Å². The fraction of sp³-hybridized carbons (Fsp3) is 0.385. The fourth-order valence-electron chi connectivity index (χ4n) is 4.61. The smallest absolute Gasteiger partial charge is 0.286 e. The molecule has 9 heteroatoms. The van der Waals surface area contributed by atoms with Crippen molar-refractivity contribution >= 4 is 16.9 Å². The molecule has 0 aliphatic carbocycles. The van der Waals surface area contributed by atoms with Crippen LogP contribution in [0.1, 0.15) is 37.1 Å². The predicted octanol–water partition coefficient (Wildman–Crippen LogP) is 3.36. The molecule has 2 aliphatic heterocycles. The van der Waals surface area contributed by atoms with Crippen LogP contribution in [0.4, 0.5) is 0 Å². The van der Waals surface area contributed by atoms with Crippen molar-refractivity contribution in [3.8, 4) is 11.5 Å². The largest absolute Gasteiger partial charge is 0.459 e. The predicted molar refractivity (Wildman–Crippen MR) is 128 cm³/mol. The summed E-state index contributed by atoms with van der Waals surface area (Å²) in [5, 5.41) is 12.4. The first kappa shape index (κ1) is 23.2. The van der Waals surface area contributed by atoms with Gasteiger partial charge in [-0.25, -0.2) is 4.98 Å². The summed E-state index contributed by atoms with van der Waals surface area (Å²) in [6.07, 6.45) is 2.48. The molecule has 3 N–H and O–H groups in total. The maximum absolute atomic E-state index is 13.1. The lowest BCUT2D eigenvalue weighted by Gasteiger charge is -2.37. The van der Waals surface area contributed by atoms with Gasteiger partial charge in [-0.1, -0.05) is 18.2 Å². The van der Waals surface area contributed by atoms with Gasteiger partial charge < -0.3 is 34.4 Å². The number of amides is 1. The molecule has 2 aliphatic rings. The third-order valence-corrected chi connectivity index (χ3v) is 6.27. The molecule has 3 heterocycles. The van der Waals surface area contributed by atoms with Crippen LogP contribution in [0, 0.1) is 5.92 Å². The fourth-order valence-corrected chi connectivity index (χ4v) is 4.61. The van der Waals surface area contributed by atoms with Gasteiger partial charge in [0.1, 0.15) is 5.82 Å². The second-order valence-electron chi connectivity index (χ2n) is 8.52. The molecular weight excluding hydrogens is 450 g/mol. The zero-order valence-corrected chi connectivity index (χ0v) is 19.5. The summed E-state index contributed by atoms with van der Waals surface area (Å²) in [5.41, 5.74) is 2.72. The van der Waals surface area contributed by atoms with Crippen LogP contribution in [0.5, 0.6) is 11.5 Å². The molecule has 0 radical (unpaired) electrons. The molecule has 0 fully saturated rings. The highest BCUT2D eigenvalue weighted by molar-refractivity contribution is 5.91.